The van der Waals surface area contributed by atoms with Gasteiger partial charge in [-0.1, -0.05) is 30.3 Å². The molecule has 0 atom stereocenters. The molecule has 84 valence electrons. The molecule has 1 aromatic carbocycles. The van der Waals surface area contributed by atoms with Crippen molar-refractivity contribution in [1.82, 2.24) is 15.2 Å². The second kappa shape index (κ2) is 3.86. The van der Waals surface area contributed by atoms with E-state index in [1.54, 1.807) is 12.5 Å². The van der Waals surface area contributed by atoms with Crippen LogP contribution in [0.5, 0.6) is 5.88 Å². The van der Waals surface area contributed by atoms with E-state index in [0.29, 0.717) is 17.5 Å². The number of hydrogen-bond acceptors (Lipinski definition) is 5. The van der Waals surface area contributed by atoms with Crippen LogP contribution in [0.2, 0.25) is 0 Å². The van der Waals surface area contributed by atoms with Crippen molar-refractivity contribution in [2.75, 3.05) is 11.9 Å². The zero-order valence-corrected chi connectivity index (χ0v) is 9.24. The second-order valence-corrected chi connectivity index (χ2v) is 3.64. The van der Waals surface area contributed by atoms with Gasteiger partial charge in [0.05, 0.1) is 0 Å². The third kappa shape index (κ3) is 1.71. The maximum atomic E-state index is 5.23. The predicted octanol–water partition coefficient (Wildman–Crippen LogP) is 1.84. The summed E-state index contributed by atoms with van der Waals surface area (Å²) in [6.07, 6.45) is 3.34. The standard InChI is InChI=1S/C12H10N4O/c1-16-7-8-17-12-11(16)13-10(14-15-12)9-5-3-2-4-6-9/h2-8H,1H3. The fraction of sp³-hybridized carbons (Fsp3) is 0.0833. The lowest BCUT2D eigenvalue weighted by molar-refractivity contribution is 0.441. The number of rotatable bonds is 1. The van der Waals surface area contributed by atoms with Crippen LogP contribution in [0.1, 0.15) is 0 Å². The average Bonchev–Trinajstić information content (AvgIpc) is 2.40. The molecule has 0 aliphatic carbocycles. The van der Waals surface area contributed by atoms with Gasteiger partial charge in [0.15, 0.2) is 11.6 Å². The summed E-state index contributed by atoms with van der Waals surface area (Å²) < 4.78 is 5.23. The van der Waals surface area contributed by atoms with Crippen molar-refractivity contribution >= 4 is 5.82 Å². The fourth-order valence-corrected chi connectivity index (χ4v) is 1.58. The highest BCUT2D eigenvalue weighted by molar-refractivity contribution is 5.60. The first-order chi connectivity index (χ1) is 8.34. The van der Waals surface area contributed by atoms with E-state index in [9.17, 15) is 0 Å². The molecule has 0 amide bonds. The summed E-state index contributed by atoms with van der Waals surface area (Å²) in [5, 5.41) is 8.07. The topological polar surface area (TPSA) is 51.1 Å². The quantitative estimate of drug-likeness (QED) is 0.742. The normalized spacial score (nSPS) is 13.1. The van der Waals surface area contributed by atoms with Crippen LogP contribution in [-0.4, -0.2) is 22.2 Å². The van der Waals surface area contributed by atoms with Gasteiger partial charge in [-0.2, -0.15) is 0 Å². The monoisotopic (exact) mass is 226 g/mol. The van der Waals surface area contributed by atoms with Crippen molar-refractivity contribution in [1.29, 1.82) is 0 Å². The van der Waals surface area contributed by atoms with Crippen LogP contribution in [0.15, 0.2) is 42.8 Å². The lowest BCUT2D eigenvalue weighted by Gasteiger charge is -2.19. The summed E-state index contributed by atoms with van der Waals surface area (Å²) in [6, 6.07) is 9.73. The minimum absolute atomic E-state index is 0.426. The molecule has 0 bridgehead atoms. The molecule has 0 unspecified atom stereocenters. The molecule has 0 saturated heterocycles. The van der Waals surface area contributed by atoms with E-state index >= 15 is 0 Å². The summed E-state index contributed by atoms with van der Waals surface area (Å²) in [5.41, 5.74) is 0.936. The molecule has 5 heteroatoms. The van der Waals surface area contributed by atoms with Gasteiger partial charge in [0.1, 0.15) is 6.26 Å². The van der Waals surface area contributed by atoms with Crippen LogP contribution in [0, 0.1) is 0 Å². The lowest BCUT2D eigenvalue weighted by atomic mass is 10.2. The smallest absolute Gasteiger partial charge is 0.282 e. The number of fused-ring (bicyclic) bond motifs is 1. The summed E-state index contributed by atoms with van der Waals surface area (Å²) in [5.74, 6) is 1.69. The van der Waals surface area contributed by atoms with Gasteiger partial charge in [-0.05, 0) is 0 Å². The third-order valence-electron chi connectivity index (χ3n) is 2.47. The van der Waals surface area contributed by atoms with Crippen molar-refractivity contribution in [3.8, 4) is 17.3 Å². The maximum absolute atomic E-state index is 5.23. The molecule has 1 aliphatic rings. The van der Waals surface area contributed by atoms with Gasteiger partial charge in [0.25, 0.3) is 5.88 Å². The van der Waals surface area contributed by atoms with E-state index in [0.717, 1.165) is 5.56 Å². The number of ether oxygens (including phenoxy) is 1. The van der Waals surface area contributed by atoms with Crippen molar-refractivity contribution in [3.05, 3.63) is 42.8 Å². The van der Waals surface area contributed by atoms with E-state index in [-0.39, 0.29) is 0 Å². The average molecular weight is 226 g/mol. The van der Waals surface area contributed by atoms with Gasteiger partial charge >= 0.3 is 0 Å². The Morgan fingerprint density at radius 2 is 1.94 bits per heavy atom. The molecule has 2 heterocycles. The minimum atomic E-state index is 0.426. The molecule has 0 spiro atoms. The van der Waals surface area contributed by atoms with Crippen molar-refractivity contribution < 1.29 is 4.74 Å². The van der Waals surface area contributed by atoms with Crippen LogP contribution >= 0.6 is 0 Å². The number of hydrogen-bond donors (Lipinski definition) is 0. The van der Waals surface area contributed by atoms with Gasteiger partial charge in [-0.25, -0.2) is 4.98 Å². The van der Waals surface area contributed by atoms with Crippen molar-refractivity contribution in [3.63, 3.8) is 0 Å². The van der Waals surface area contributed by atoms with Crippen LogP contribution in [0.4, 0.5) is 5.82 Å². The minimum Gasteiger partial charge on any atom is -0.441 e. The SMILES string of the molecule is CN1C=COc2nnc(-c3ccccc3)nc21. The van der Waals surface area contributed by atoms with E-state index in [4.69, 9.17) is 4.74 Å². The largest absolute Gasteiger partial charge is 0.441 e. The number of benzene rings is 1. The molecule has 0 saturated carbocycles. The Kier molecular flexibility index (Phi) is 2.22. The molecule has 0 fully saturated rings. The molecule has 0 N–H and O–H groups in total. The lowest BCUT2D eigenvalue weighted by Crippen LogP contribution is -2.17. The number of aromatic nitrogens is 3. The molecule has 5 nitrogen and oxygen atoms in total. The van der Waals surface area contributed by atoms with E-state index in [2.05, 4.69) is 15.2 Å². The van der Waals surface area contributed by atoms with Gasteiger partial charge in [-0.3, -0.25) is 0 Å². The molecular formula is C12H10N4O. The van der Waals surface area contributed by atoms with E-state index in [1.165, 1.54) is 0 Å². The van der Waals surface area contributed by atoms with Crippen LogP contribution < -0.4 is 9.64 Å². The number of anilines is 1. The van der Waals surface area contributed by atoms with E-state index in [1.807, 2.05) is 42.3 Å². The Hall–Kier alpha value is -2.43. The molecule has 1 aliphatic heterocycles. The second-order valence-electron chi connectivity index (χ2n) is 3.64. The summed E-state index contributed by atoms with van der Waals surface area (Å²) in [7, 11) is 1.89. The van der Waals surface area contributed by atoms with Gasteiger partial charge < -0.3 is 9.64 Å². The van der Waals surface area contributed by atoms with Gasteiger partial charge in [0.2, 0.25) is 0 Å². The molecule has 0 radical (unpaired) electrons. The zero-order valence-electron chi connectivity index (χ0n) is 9.24. The Morgan fingerprint density at radius 3 is 2.76 bits per heavy atom. The van der Waals surface area contributed by atoms with Gasteiger partial charge in [0, 0.05) is 18.8 Å². The Balaban J connectivity index is 2.08. The Labute approximate surface area is 98.4 Å². The summed E-state index contributed by atoms with van der Waals surface area (Å²) in [4.78, 5) is 6.29. The number of nitrogens with zero attached hydrogens (tertiary/aromatic N) is 4. The predicted molar refractivity (Wildman–Crippen MR) is 63.4 cm³/mol. The van der Waals surface area contributed by atoms with Crippen LogP contribution in [0.3, 0.4) is 0 Å². The first kappa shape index (κ1) is 9.77. The molecule has 3 rings (SSSR count). The molecule has 2 aromatic rings. The van der Waals surface area contributed by atoms with Gasteiger partial charge in [-0.15, -0.1) is 10.2 Å². The highest BCUT2D eigenvalue weighted by atomic mass is 16.5. The fourth-order valence-electron chi connectivity index (χ4n) is 1.58. The Bertz CT molecular complexity index is 568. The molecular weight excluding hydrogens is 216 g/mol. The maximum Gasteiger partial charge on any atom is 0.282 e. The summed E-state index contributed by atoms with van der Waals surface area (Å²) >= 11 is 0. The van der Waals surface area contributed by atoms with Crippen LogP contribution in [-0.2, 0) is 0 Å². The molecule has 1 aromatic heterocycles. The van der Waals surface area contributed by atoms with Crippen molar-refractivity contribution in [2.45, 2.75) is 0 Å². The first-order valence-electron chi connectivity index (χ1n) is 5.21. The highest BCUT2D eigenvalue weighted by Crippen LogP contribution is 2.27. The Morgan fingerprint density at radius 1 is 1.12 bits per heavy atom. The zero-order chi connectivity index (χ0) is 11.7. The molecule has 17 heavy (non-hydrogen) atoms. The van der Waals surface area contributed by atoms with Crippen LogP contribution in [0.25, 0.3) is 11.4 Å². The first-order valence-corrected chi connectivity index (χ1v) is 5.21. The van der Waals surface area contributed by atoms with E-state index < -0.39 is 0 Å². The summed E-state index contributed by atoms with van der Waals surface area (Å²) in [6.45, 7) is 0. The third-order valence-corrected chi connectivity index (χ3v) is 2.47. The van der Waals surface area contributed by atoms with Crippen molar-refractivity contribution in [2.24, 2.45) is 0 Å². The highest BCUT2D eigenvalue weighted by Gasteiger charge is 2.16.